The number of para-hydroxylation sites is 4. The molecule has 0 amide bonds. The lowest BCUT2D eigenvalue weighted by atomic mass is 9.96. The van der Waals surface area contributed by atoms with Crippen molar-refractivity contribution in [2.24, 2.45) is 0 Å². The van der Waals surface area contributed by atoms with E-state index in [9.17, 15) is 0 Å². The number of pyridine rings is 1. The first-order chi connectivity index (χ1) is 26.3. The molecule has 0 aliphatic carbocycles. The summed E-state index contributed by atoms with van der Waals surface area (Å²) in [6, 6.07) is 64.0. The second kappa shape index (κ2) is 10.9. The maximum absolute atomic E-state index is 5.34. The molecule has 0 aliphatic rings. The van der Waals surface area contributed by atoms with Crippen LogP contribution in [0.2, 0.25) is 0 Å². The molecule has 0 spiro atoms. The zero-order chi connectivity index (χ0) is 34.6. The first-order valence-corrected chi connectivity index (χ1v) is 18.9. The average molecular weight is 692 g/mol. The smallest absolute Gasteiger partial charge is 0.0788 e. The second-order valence-electron chi connectivity index (χ2n) is 13.9. The van der Waals surface area contributed by atoms with Crippen molar-refractivity contribution < 1.29 is 0 Å². The van der Waals surface area contributed by atoms with Gasteiger partial charge in [-0.25, -0.2) is 4.98 Å². The van der Waals surface area contributed by atoms with Crippen LogP contribution >= 0.6 is 11.3 Å². The van der Waals surface area contributed by atoms with Crippen LogP contribution in [0.5, 0.6) is 0 Å². The lowest BCUT2D eigenvalue weighted by molar-refractivity contribution is 1.15. The quantitative estimate of drug-likeness (QED) is 0.169. The molecule has 4 heteroatoms. The molecule has 0 bridgehead atoms. The Hall–Kier alpha value is -6.75. The van der Waals surface area contributed by atoms with Gasteiger partial charge in [0.05, 0.1) is 33.3 Å². The summed E-state index contributed by atoms with van der Waals surface area (Å²) in [5.41, 5.74) is 10.2. The minimum atomic E-state index is 1.01. The van der Waals surface area contributed by atoms with Crippen LogP contribution in [-0.2, 0) is 0 Å². The zero-order valence-electron chi connectivity index (χ0n) is 28.5. The number of hydrogen-bond acceptors (Lipinski definition) is 2. The zero-order valence-corrected chi connectivity index (χ0v) is 29.3. The Morgan fingerprint density at radius 3 is 1.60 bits per heavy atom. The predicted octanol–water partition coefficient (Wildman–Crippen LogP) is 13.6. The monoisotopic (exact) mass is 691 g/mol. The van der Waals surface area contributed by atoms with E-state index in [-0.39, 0.29) is 0 Å². The van der Waals surface area contributed by atoms with E-state index >= 15 is 0 Å². The molecule has 12 aromatic rings. The van der Waals surface area contributed by atoms with E-state index in [2.05, 4.69) is 185 Å². The minimum absolute atomic E-state index is 1.01. The highest BCUT2D eigenvalue weighted by atomic mass is 32.1. The first-order valence-electron chi connectivity index (χ1n) is 18.1. The minimum Gasteiger partial charge on any atom is -0.307 e. The van der Waals surface area contributed by atoms with Crippen LogP contribution in [0, 0.1) is 0 Å². The summed E-state index contributed by atoms with van der Waals surface area (Å²) in [5.74, 6) is 0. The van der Waals surface area contributed by atoms with E-state index in [1.54, 1.807) is 0 Å². The highest BCUT2D eigenvalue weighted by molar-refractivity contribution is 7.26. The summed E-state index contributed by atoms with van der Waals surface area (Å²) in [5, 5.41) is 11.3. The van der Waals surface area contributed by atoms with Crippen LogP contribution in [0.15, 0.2) is 176 Å². The maximum atomic E-state index is 5.34. The molecule has 0 unspecified atom stereocenters. The molecular weight excluding hydrogens is 663 g/mol. The molecule has 12 rings (SSSR count). The van der Waals surface area contributed by atoms with Gasteiger partial charge in [0.1, 0.15) is 0 Å². The van der Waals surface area contributed by atoms with Crippen LogP contribution in [-0.4, -0.2) is 14.1 Å². The first kappa shape index (κ1) is 28.9. The van der Waals surface area contributed by atoms with Gasteiger partial charge in [0.2, 0.25) is 0 Å². The Morgan fingerprint density at radius 1 is 0.358 bits per heavy atom. The Morgan fingerprint density at radius 2 is 0.906 bits per heavy atom. The molecule has 3 nitrogen and oxygen atoms in total. The Kier molecular flexibility index (Phi) is 5.93. The SMILES string of the molecule is c1ccc(-n2c3ccccc3c3ccc4c5ccccc5n(-c5ccc(-c6nc7ccccc7c7c6ccc6sc8ccccc8c67)cc5)c4c32)cc1. The lowest BCUT2D eigenvalue weighted by Crippen LogP contribution is -1.98. The number of hydrogen-bond donors (Lipinski definition) is 0. The number of rotatable bonds is 3. The van der Waals surface area contributed by atoms with Crippen LogP contribution in [0.3, 0.4) is 0 Å². The van der Waals surface area contributed by atoms with Gasteiger partial charge < -0.3 is 9.13 Å². The number of aromatic nitrogens is 3. The summed E-state index contributed by atoms with van der Waals surface area (Å²) >= 11 is 1.87. The summed E-state index contributed by atoms with van der Waals surface area (Å²) in [4.78, 5) is 5.34. The lowest BCUT2D eigenvalue weighted by Gasteiger charge is -2.14. The molecule has 0 saturated heterocycles. The van der Waals surface area contributed by atoms with Gasteiger partial charge in [0, 0.05) is 74.8 Å². The highest BCUT2D eigenvalue weighted by Gasteiger charge is 2.22. The van der Waals surface area contributed by atoms with Crippen molar-refractivity contribution in [2.75, 3.05) is 0 Å². The molecule has 0 saturated carbocycles. The van der Waals surface area contributed by atoms with Gasteiger partial charge in [0.15, 0.2) is 0 Å². The summed E-state index contributed by atoms with van der Waals surface area (Å²) in [6.07, 6.45) is 0. The summed E-state index contributed by atoms with van der Waals surface area (Å²) < 4.78 is 7.52. The van der Waals surface area contributed by atoms with E-state index in [0.29, 0.717) is 0 Å². The van der Waals surface area contributed by atoms with Crippen LogP contribution < -0.4 is 0 Å². The van der Waals surface area contributed by atoms with Crippen molar-refractivity contribution >= 4 is 96.8 Å². The average Bonchev–Trinajstić information content (AvgIpc) is 3.89. The normalized spacial score (nSPS) is 12.2. The number of fused-ring (bicyclic) bond motifs is 14. The van der Waals surface area contributed by atoms with E-state index in [0.717, 1.165) is 28.1 Å². The Labute approximate surface area is 308 Å². The van der Waals surface area contributed by atoms with Crippen molar-refractivity contribution in [1.82, 2.24) is 14.1 Å². The van der Waals surface area contributed by atoms with E-state index < -0.39 is 0 Å². The molecule has 0 N–H and O–H groups in total. The van der Waals surface area contributed by atoms with Gasteiger partial charge in [-0.3, -0.25) is 0 Å². The number of nitrogens with zero attached hydrogens (tertiary/aromatic N) is 3. The van der Waals surface area contributed by atoms with Gasteiger partial charge in [0.25, 0.3) is 0 Å². The van der Waals surface area contributed by atoms with E-state index in [1.165, 1.54) is 79.9 Å². The molecule has 8 aromatic carbocycles. The van der Waals surface area contributed by atoms with Gasteiger partial charge >= 0.3 is 0 Å². The topological polar surface area (TPSA) is 22.8 Å². The fourth-order valence-corrected chi connectivity index (χ4v) is 9.97. The van der Waals surface area contributed by atoms with Gasteiger partial charge in [-0.2, -0.15) is 0 Å². The summed E-state index contributed by atoms with van der Waals surface area (Å²) in [7, 11) is 0. The molecule has 246 valence electrons. The molecule has 4 aromatic heterocycles. The van der Waals surface area contributed by atoms with Gasteiger partial charge in [-0.05, 0) is 54.6 Å². The van der Waals surface area contributed by atoms with E-state index in [1.807, 2.05) is 11.3 Å². The number of thiophene rings is 1. The van der Waals surface area contributed by atoms with Crippen molar-refractivity contribution in [3.63, 3.8) is 0 Å². The van der Waals surface area contributed by atoms with Gasteiger partial charge in [-0.15, -0.1) is 11.3 Å². The van der Waals surface area contributed by atoms with E-state index in [4.69, 9.17) is 4.98 Å². The highest BCUT2D eigenvalue weighted by Crippen LogP contribution is 2.45. The van der Waals surface area contributed by atoms with Crippen molar-refractivity contribution in [3.8, 4) is 22.6 Å². The Balaban J connectivity index is 1.14. The maximum Gasteiger partial charge on any atom is 0.0788 e. The van der Waals surface area contributed by atoms with Crippen LogP contribution in [0.1, 0.15) is 0 Å². The van der Waals surface area contributed by atoms with Crippen molar-refractivity contribution in [2.45, 2.75) is 0 Å². The molecule has 0 aliphatic heterocycles. The fraction of sp³-hybridized carbons (Fsp3) is 0. The van der Waals surface area contributed by atoms with Gasteiger partial charge in [-0.1, -0.05) is 121 Å². The predicted molar refractivity (Wildman–Crippen MR) is 226 cm³/mol. The molecular formula is C49H29N3S. The third-order valence-electron chi connectivity index (χ3n) is 11.1. The molecule has 0 radical (unpaired) electrons. The van der Waals surface area contributed by atoms with Crippen LogP contribution in [0.25, 0.3) is 108 Å². The van der Waals surface area contributed by atoms with Crippen LogP contribution in [0.4, 0.5) is 0 Å². The number of benzene rings is 8. The third-order valence-corrected chi connectivity index (χ3v) is 12.2. The standard InChI is InChI=1S/C49H29N3S/c1-2-12-31(13-3-1)51-41-19-9-5-14-33(41)35-26-27-36-34-15-6-10-20-42(34)52(49(36)48(35)51)32-24-22-30(23-25-32)47-39-28-29-44-46(38-17-7-11-21-43(38)53-44)45(39)37-16-4-8-18-40(37)50-47/h1-29H. The fourth-order valence-electron chi connectivity index (χ4n) is 8.86. The Bertz CT molecular complexity index is 3440. The largest absolute Gasteiger partial charge is 0.307 e. The molecule has 4 heterocycles. The third kappa shape index (κ3) is 4.01. The summed E-state index contributed by atoms with van der Waals surface area (Å²) in [6.45, 7) is 0. The molecule has 53 heavy (non-hydrogen) atoms. The van der Waals surface area contributed by atoms with Crippen molar-refractivity contribution in [3.05, 3.63) is 176 Å². The molecule has 0 atom stereocenters. The van der Waals surface area contributed by atoms with Crippen molar-refractivity contribution in [1.29, 1.82) is 0 Å². The second-order valence-corrected chi connectivity index (χ2v) is 15.0. The molecule has 0 fully saturated rings.